The molecule has 1 amide bonds. The zero-order valence-corrected chi connectivity index (χ0v) is 16.1. The fraction of sp³-hybridized carbons (Fsp3) is 0.857. The average Bonchev–Trinajstić information content (AvgIpc) is 2.84. The highest BCUT2D eigenvalue weighted by Gasteiger charge is 2.62. The molecule has 0 aromatic heterocycles. The van der Waals surface area contributed by atoms with Gasteiger partial charge in [0.05, 0.1) is 12.7 Å². The van der Waals surface area contributed by atoms with Crippen LogP contribution in [0.25, 0.3) is 0 Å². The Morgan fingerprint density at radius 1 is 1.28 bits per heavy atom. The Morgan fingerprint density at radius 3 is 2.76 bits per heavy atom. The Kier molecular flexibility index (Phi) is 4.08. The van der Waals surface area contributed by atoms with Crippen molar-refractivity contribution in [1.29, 1.82) is 0 Å². The van der Waals surface area contributed by atoms with Crippen LogP contribution in [0.1, 0.15) is 46.0 Å². The molecule has 0 saturated heterocycles. The predicted molar refractivity (Wildman–Crippen MR) is 96.8 cm³/mol. The normalized spacial score (nSPS) is 51.9. The Balaban J connectivity index is 1.65. The highest BCUT2D eigenvalue weighted by Crippen LogP contribution is 2.64. The minimum absolute atomic E-state index is 0.0354. The molecule has 3 fully saturated rings. The number of likely N-dealkylation sites (N-methyl/N-ethyl adjacent to an activating group) is 1. The van der Waals surface area contributed by atoms with Crippen LogP contribution in [0.2, 0.25) is 0 Å². The molecule has 140 valence electrons. The summed E-state index contributed by atoms with van der Waals surface area (Å²) >= 11 is 0. The van der Waals surface area contributed by atoms with Gasteiger partial charge in [-0.1, -0.05) is 19.9 Å². The van der Waals surface area contributed by atoms with Crippen LogP contribution in [0, 0.1) is 34.5 Å². The Labute approximate surface area is 151 Å². The molecule has 0 bridgehead atoms. The molecule has 4 rings (SSSR count). The zero-order chi connectivity index (χ0) is 18.0. The molecular weight excluding hydrogens is 314 g/mol. The van der Waals surface area contributed by atoms with Gasteiger partial charge in [-0.2, -0.15) is 0 Å². The number of rotatable bonds is 2. The van der Waals surface area contributed by atoms with Gasteiger partial charge in [0.2, 0.25) is 5.91 Å². The van der Waals surface area contributed by atoms with Gasteiger partial charge in [-0.25, -0.2) is 0 Å². The number of methoxy groups -OCH3 is 1. The fourth-order valence-corrected chi connectivity index (χ4v) is 7.26. The lowest BCUT2D eigenvalue weighted by atomic mass is 9.48. The van der Waals surface area contributed by atoms with Gasteiger partial charge in [-0.05, 0) is 61.3 Å². The van der Waals surface area contributed by atoms with Crippen molar-refractivity contribution in [2.45, 2.75) is 58.1 Å². The van der Waals surface area contributed by atoms with Crippen molar-refractivity contribution in [3.8, 4) is 0 Å². The lowest BCUT2D eigenvalue weighted by Crippen LogP contribution is -2.59. The summed E-state index contributed by atoms with van der Waals surface area (Å²) in [5.41, 5.74) is 0.116. The monoisotopic (exact) mass is 347 g/mol. The molecule has 3 aliphatic carbocycles. The number of fused-ring (bicyclic) bond motifs is 5. The Bertz CT molecular complexity index is 590. The second-order valence-corrected chi connectivity index (χ2v) is 9.56. The summed E-state index contributed by atoms with van der Waals surface area (Å²) < 4.78 is 5.40. The van der Waals surface area contributed by atoms with Crippen molar-refractivity contribution in [3.63, 3.8) is 0 Å². The summed E-state index contributed by atoms with van der Waals surface area (Å²) in [6, 6.07) is 0.330. The number of hydrogen-bond donors (Lipinski definition) is 1. The standard InChI is InChI=1S/C21H33NO3/c1-20-10-8-18(23)22(3)17(20)6-5-14-15(20)7-9-21(2)16(14)11-13(12-25-4)19(21)24/h8,10,13-17,19,24H,5-7,9,11-12H2,1-4H3/t13-,14+,15-,16-,17+,19-,20+,21-/m0/s1. The average molecular weight is 347 g/mol. The summed E-state index contributed by atoms with van der Waals surface area (Å²) in [5, 5.41) is 11.0. The molecular formula is C21H33NO3. The van der Waals surface area contributed by atoms with E-state index in [0.717, 1.165) is 25.7 Å². The van der Waals surface area contributed by atoms with E-state index in [4.69, 9.17) is 4.74 Å². The van der Waals surface area contributed by atoms with Crippen LogP contribution in [0.5, 0.6) is 0 Å². The minimum atomic E-state index is -0.241. The first-order chi connectivity index (χ1) is 11.8. The van der Waals surface area contributed by atoms with Crippen LogP contribution < -0.4 is 0 Å². The number of amides is 1. The highest BCUT2D eigenvalue weighted by atomic mass is 16.5. The third kappa shape index (κ3) is 2.29. The van der Waals surface area contributed by atoms with Crippen LogP contribution in [0.4, 0.5) is 0 Å². The van der Waals surface area contributed by atoms with E-state index < -0.39 is 0 Å². The van der Waals surface area contributed by atoms with E-state index in [2.05, 4.69) is 19.9 Å². The number of carbonyl (C=O) groups excluding carboxylic acids is 1. The first kappa shape index (κ1) is 17.5. The first-order valence-corrected chi connectivity index (χ1v) is 9.96. The van der Waals surface area contributed by atoms with Gasteiger partial charge < -0.3 is 14.7 Å². The van der Waals surface area contributed by atoms with E-state index in [0.29, 0.717) is 30.4 Å². The van der Waals surface area contributed by atoms with Gasteiger partial charge in [-0.15, -0.1) is 0 Å². The van der Waals surface area contributed by atoms with E-state index in [1.54, 1.807) is 13.2 Å². The van der Waals surface area contributed by atoms with Crippen molar-refractivity contribution in [3.05, 3.63) is 12.2 Å². The first-order valence-electron chi connectivity index (χ1n) is 9.96. The lowest BCUT2D eigenvalue weighted by molar-refractivity contribution is -0.140. The van der Waals surface area contributed by atoms with Crippen LogP contribution in [-0.2, 0) is 9.53 Å². The predicted octanol–water partition coefficient (Wildman–Crippen LogP) is 2.86. The largest absolute Gasteiger partial charge is 0.392 e. The van der Waals surface area contributed by atoms with Gasteiger partial charge in [0.25, 0.3) is 0 Å². The quantitative estimate of drug-likeness (QED) is 0.836. The highest BCUT2D eigenvalue weighted by molar-refractivity contribution is 5.89. The third-order valence-electron chi connectivity index (χ3n) is 8.62. The molecule has 0 spiro atoms. The maximum Gasteiger partial charge on any atom is 0.246 e. The molecule has 0 aromatic rings. The smallest absolute Gasteiger partial charge is 0.246 e. The van der Waals surface area contributed by atoms with Crippen LogP contribution in [0.15, 0.2) is 12.2 Å². The number of nitrogens with zero attached hydrogens (tertiary/aromatic N) is 1. The second-order valence-electron chi connectivity index (χ2n) is 9.56. The number of carbonyl (C=O) groups is 1. The Morgan fingerprint density at radius 2 is 2.04 bits per heavy atom. The van der Waals surface area contributed by atoms with Crippen LogP contribution >= 0.6 is 0 Å². The van der Waals surface area contributed by atoms with Gasteiger partial charge in [0.1, 0.15) is 0 Å². The summed E-state index contributed by atoms with van der Waals surface area (Å²) in [4.78, 5) is 14.1. The molecule has 1 N–H and O–H groups in total. The van der Waals surface area contributed by atoms with E-state index in [-0.39, 0.29) is 28.8 Å². The summed E-state index contributed by atoms with van der Waals surface area (Å²) in [6.45, 7) is 5.35. The summed E-state index contributed by atoms with van der Waals surface area (Å²) in [5.74, 6) is 2.27. The molecule has 4 nitrogen and oxygen atoms in total. The van der Waals surface area contributed by atoms with Crippen molar-refractivity contribution in [1.82, 2.24) is 4.90 Å². The molecule has 25 heavy (non-hydrogen) atoms. The molecule has 1 aliphatic heterocycles. The van der Waals surface area contributed by atoms with Gasteiger partial charge in [0.15, 0.2) is 0 Å². The molecule has 3 saturated carbocycles. The van der Waals surface area contributed by atoms with Crippen LogP contribution in [0.3, 0.4) is 0 Å². The van der Waals surface area contributed by atoms with E-state index in [9.17, 15) is 9.90 Å². The molecule has 4 heteroatoms. The molecule has 0 radical (unpaired) electrons. The van der Waals surface area contributed by atoms with Crippen molar-refractivity contribution in [2.24, 2.45) is 34.5 Å². The third-order valence-corrected chi connectivity index (χ3v) is 8.62. The molecule has 8 atom stereocenters. The summed E-state index contributed by atoms with van der Waals surface area (Å²) in [6.07, 6.45) is 9.38. The zero-order valence-electron chi connectivity index (χ0n) is 16.1. The maximum absolute atomic E-state index is 12.1. The van der Waals surface area contributed by atoms with E-state index in [1.807, 2.05) is 11.9 Å². The minimum Gasteiger partial charge on any atom is -0.392 e. The fourth-order valence-electron chi connectivity index (χ4n) is 7.26. The number of aliphatic hydroxyl groups is 1. The van der Waals surface area contributed by atoms with Crippen molar-refractivity contribution < 1.29 is 14.6 Å². The second kappa shape index (κ2) is 5.82. The molecule has 4 aliphatic rings. The molecule has 0 unspecified atom stereocenters. The molecule has 0 aromatic carbocycles. The van der Waals surface area contributed by atoms with E-state index in [1.165, 1.54) is 6.42 Å². The SMILES string of the molecule is COC[C@@H]1C[C@H]2[C@@H]3CC[C@H]4N(C)C(=O)C=C[C@]4(C)[C@H]3CC[C@]2(C)[C@H]1O. The van der Waals surface area contributed by atoms with Gasteiger partial charge in [0, 0.05) is 31.5 Å². The summed E-state index contributed by atoms with van der Waals surface area (Å²) in [7, 11) is 3.71. The topological polar surface area (TPSA) is 49.8 Å². The Hall–Kier alpha value is -0.870. The van der Waals surface area contributed by atoms with Crippen molar-refractivity contribution >= 4 is 5.91 Å². The van der Waals surface area contributed by atoms with Crippen LogP contribution in [-0.4, -0.2) is 48.8 Å². The van der Waals surface area contributed by atoms with Crippen molar-refractivity contribution in [2.75, 3.05) is 20.8 Å². The lowest BCUT2D eigenvalue weighted by Gasteiger charge is -2.60. The van der Waals surface area contributed by atoms with Gasteiger partial charge >= 0.3 is 0 Å². The number of aliphatic hydroxyl groups excluding tert-OH is 1. The molecule has 1 heterocycles. The maximum atomic E-state index is 12.1. The number of hydrogen-bond acceptors (Lipinski definition) is 3. The number of ether oxygens (including phenoxy) is 1. The van der Waals surface area contributed by atoms with E-state index >= 15 is 0 Å². The van der Waals surface area contributed by atoms with Gasteiger partial charge in [-0.3, -0.25) is 4.79 Å².